The van der Waals surface area contributed by atoms with Crippen molar-refractivity contribution in [3.8, 4) is 0 Å². The zero-order valence-corrected chi connectivity index (χ0v) is 11.1. The number of para-hydroxylation sites is 3. The third-order valence-electron chi connectivity index (χ3n) is 2.89. The summed E-state index contributed by atoms with van der Waals surface area (Å²) in [7, 11) is 2.25. The van der Waals surface area contributed by atoms with Gasteiger partial charge in [0.05, 0.1) is 11.4 Å². The summed E-state index contributed by atoms with van der Waals surface area (Å²) in [6.07, 6.45) is 0. The second-order valence-corrected chi connectivity index (χ2v) is 4.44. The van der Waals surface area contributed by atoms with Crippen LogP contribution in [0.3, 0.4) is 0 Å². The molecule has 0 unspecified atom stereocenters. The Morgan fingerprint density at radius 1 is 0.789 bits per heavy atom. The van der Waals surface area contributed by atoms with Crippen LogP contribution in [0.4, 0.5) is 17.1 Å². The quantitative estimate of drug-likeness (QED) is 0.820. The van der Waals surface area contributed by atoms with E-state index in [4.69, 9.17) is 0 Å². The second-order valence-electron chi connectivity index (χ2n) is 4.44. The molecule has 0 radical (unpaired) electrons. The number of hydrogen-bond donors (Lipinski definition) is 2. The molecule has 2 aromatic carbocycles. The monoisotopic (exact) mass is 256 g/mol. The minimum atomic E-state index is -1.59. The topological polar surface area (TPSA) is 46.9 Å². The molecule has 0 amide bonds. The molecular formula is C14H17BN2O2. The summed E-state index contributed by atoms with van der Waals surface area (Å²) in [6, 6.07) is 16.9. The van der Waals surface area contributed by atoms with Crippen LogP contribution in [0, 0.1) is 0 Å². The van der Waals surface area contributed by atoms with E-state index in [1.807, 2.05) is 73.6 Å². The number of nitrogens with zero attached hydrogens (tertiary/aromatic N) is 2. The molecule has 2 rings (SSSR count). The third-order valence-corrected chi connectivity index (χ3v) is 2.89. The van der Waals surface area contributed by atoms with Gasteiger partial charge in [-0.15, -0.1) is 0 Å². The van der Waals surface area contributed by atoms with Gasteiger partial charge in [-0.05, 0) is 24.3 Å². The Morgan fingerprint density at radius 2 is 1.32 bits per heavy atom. The summed E-state index contributed by atoms with van der Waals surface area (Å²) < 4.78 is 0. The number of hydrogen-bond acceptors (Lipinski definition) is 4. The molecule has 5 heteroatoms. The van der Waals surface area contributed by atoms with Crippen molar-refractivity contribution in [1.29, 1.82) is 0 Å². The van der Waals surface area contributed by atoms with Crippen molar-refractivity contribution in [2.45, 2.75) is 0 Å². The summed E-state index contributed by atoms with van der Waals surface area (Å²) >= 11 is 0. The first-order chi connectivity index (χ1) is 9.11. The van der Waals surface area contributed by atoms with Crippen LogP contribution in [0.2, 0.25) is 0 Å². The molecule has 0 saturated heterocycles. The first kappa shape index (κ1) is 13.5. The van der Waals surface area contributed by atoms with E-state index < -0.39 is 7.25 Å². The summed E-state index contributed by atoms with van der Waals surface area (Å²) in [5, 5.41) is 19.4. The van der Waals surface area contributed by atoms with Gasteiger partial charge in [0.2, 0.25) is 0 Å². The molecule has 98 valence electrons. The Morgan fingerprint density at radius 3 is 1.84 bits per heavy atom. The summed E-state index contributed by atoms with van der Waals surface area (Å²) in [5.41, 5.74) is 2.39. The fourth-order valence-corrected chi connectivity index (χ4v) is 2.03. The molecule has 0 aliphatic carbocycles. The second kappa shape index (κ2) is 5.78. The predicted molar refractivity (Wildman–Crippen MR) is 79.5 cm³/mol. The van der Waals surface area contributed by atoms with Crippen molar-refractivity contribution in [2.24, 2.45) is 0 Å². The lowest BCUT2D eigenvalue weighted by atomic mass is 10.0. The van der Waals surface area contributed by atoms with Gasteiger partial charge in [-0.3, -0.25) is 0 Å². The number of anilines is 3. The van der Waals surface area contributed by atoms with Crippen LogP contribution in [-0.4, -0.2) is 31.4 Å². The molecule has 2 N–H and O–H groups in total. The fraction of sp³-hybridized carbons (Fsp3) is 0.143. The molecule has 0 heterocycles. The van der Waals surface area contributed by atoms with Crippen LogP contribution in [-0.2, 0) is 0 Å². The van der Waals surface area contributed by atoms with Crippen molar-refractivity contribution in [3.05, 3.63) is 54.6 Å². The van der Waals surface area contributed by atoms with Gasteiger partial charge in [-0.25, -0.2) is 0 Å². The molecule has 0 fully saturated rings. The minimum Gasteiger partial charge on any atom is -0.407 e. The van der Waals surface area contributed by atoms with Gasteiger partial charge in [-0.1, -0.05) is 30.3 Å². The Kier molecular flexibility index (Phi) is 4.09. The molecule has 0 aliphatic heterocycles. The molecule has 2 aromatic rings. The van der Waals surface area contributed by atoms with Crippen molar-refractivity contribution < 1.29 is 10.0 Å². The Bertz CT molecular complexity index is 532. The SMILES string of the molecule is CN(C)c1ccccc1N(B(O)O)c1ccccc1. The van der Waals surface area contributed by atoms with Gasteiger partial charge in [0.25, 0.3) is 0 Å². The highest BCUT2D eigenvalue weighted by Crippen LogP contribution is 2.33. The minimum absolute atomic E-state index is 0.729. The molecule has 0 aromatic heterocycles. The molecule has 0 spiro atoms. The van der Waals surface area contributed by atoms with Crippen molar-refractivity contribution in [1.82, 2.24) is 0 Å². The van der Waals surface area contributed by atoms with E-state index in [1.165, 1.54) is 4.81 Å². The highest BCUT2D eigenvalue weighted by molar-refractivity contribution is 6.49. The van der Waals surface area contributed by atoms with Gasteiger partial charge in [0, 0.05) is 19.8 Å². The molecule has 0 aliphatic rings. The van der Waals surface area contributed by atoms with Crippen LogP contribution in [0.1, 0.15) is 0 Å². The Labute approximate surface area is 113 Å². The van der Waals surface area contributed by atoms with E-state index in [9.17, 15) is 10.0 Å². The summed E-state index contributed by atoms with van der Waals surface area (Å²) in [4.78, 5) is 3.42. The van der Waals surface area contributed by atoms with Crippen LogP contribution in [0.5, 0.6) is 0 Å². The number of rotatable bonds is 4. The zero-order valence-electron chi connectivity index (χ0n) is 11.1. The Balaban J connectivity index is 2.52. The maximum absolute atomic E-state index is 9.69. The van der Waals surface area contributed by atoms with E-state index >= 15 is 0 Å². The molecule has 0 saturated carbocycles. The molecular weight excluding hydrogens is 239 g/mol. The average Bonchev–Trinajstić information content (AvgIpc) is 2.40. The standard InChI is InChI=1S/C14H17BN2O2/c1-16(2)13-10-6-7-11-14(13)17(15(18)19)12-8-4-3-5-9-12/h3-11,18-19H,1-2H3. The fourth-order valence-electron chi connectivity index (χ4n) is 2.03. The van der Waals surface area contributed by atoms with Crippen molar-refractivity contribution in [3.63, 3.8) is 0 Å². The zero-order chi connectivity index (χ0) is 13.8. The first-order valence-corrected chi connectivity index (χ1v) is 6.08. The van der Waals surface area contributed by atoms with Gasteiger partial charge >= 0.3 is 7.25 Å². The maximum Gasteiger partial charge on any atom is 0.592 e. The van der Waals surface area contributed by atoms with Crippen LogP contribution < -0.4 is 9.71 Å². The van der Waals surface area contributed by atoms with Gasteiger partial charge in [0.15, 0.2) is 0 Å². The van der Waals surface area contributed by atoms with Gasteiger partial charge < -0.3 is 19.8 Å². The first-order valence-electron chi connectivity index (χ1n) is 6.08. The lowest BCUT2D eigenvalue weighted by Crippen LogP contribution is -2.36. The van der Waals surface area contributed by atoms with E-state index in [0.717, 1.165) is 17.1 Å². The van der Waals surface area contributed by atoms with Crippen LogP contribution in [0.15, 0.2) is 54.6 Å². The molecule has 4 nitrogen and oxygen atoms in total. The van der Waals surface area contributed by atoms with E-state index in [0.29, 0.717) is 0 Å². The van der Waals surface area contributed by atoms with Crippen molar-refractivity contribution in [2.75, 3.05) is 23.8 Å². The van der Waals surface area contributed by atoms with E-state index in [-0.39, 0.29) is 0 Å². The molecule has 0 bridgehead atoms. The predicted octanol–water partition coefficient (Wildman–Crippen LogP) is 1.86. The van der Waals surface area contributed by atoms with E-state index in [1.54, 1.807) is 0 Å². The average molecular weight is 256 g/mol. The van der Waals surface area contributed by atoms with Crippen LogP contribution >= 0.6 is 0 Å². The van der Waals surface area contributed by atoms with Crippen LogP contribution in [0.25, 0.3) is 0 Å². The van der Waals surface area contributed by atoms with Gasteiger partial charge in [0.1, 0.15) is 0 Å². The lowest BCUT2D eigenvalue weighted by Gasteiger charge is -2.28. The van der Waals surface area contributed by atoms with Gasteiger partial charge in [-0.2, -0.15) is 0 Å². The summed E-state index contributed by atoms with van der Waals surface area (Å²) in [6.45, 7) is 0. The highest BCUT2D eigenvalue weighted by Gasteiger charge is 2.25. The third kappa shape index (κ3) is 2.89. The maximum atomic E-state index is 9.69. The molecule has 0 atom stereocenters. The normalized spacial score (nSPS) is 10.1. The van der Waals surface area contributed by atoms with Crippen molar-refractivity contribution >= 4 is 24.3 Å². The molecule has 19 heavy (non-hydrogen) atoms. The number of benzene rings is 2. The van der Waals surface area contributed by atoms with E-state index in [2.05, 4.69) is 0 Å². The lowest BCUT2D eigenvalue weighted by molar-refractivity contribution is 0.407. The Hall–Kier alpha value is -1.98. The smallest absolute Gasteiger partial charge is 0.407 e. The largest absolute Gasteiger partial charge is 0.592 e. The summed E-state index contributed by atoms with van der Waals surface area (Å²) in [5.74, 6) is 0. The highest BCUT2D eigenvalue weighted by atomic mass is 16.4.